The molecule has 0 radical (unpaired) electrons. The van der Waals surface area contributed by atoms with Gasteiger partial charge in [0, 0.05) is 46.2 Å². The number of carbonyl (C=O) groups excluding carboxylic acids is 1. The number of hydrogen-bond acceptors (Lipinski definition) is 3. The van der Waals surface area contributed by atoms with E-state index in [4.69, 9.17) is 0 Å². The first-order valence-corrected chi connectivity index (χ1v) is 10.7. The van der Waals surface area contributed by atoms with Crippen molar-refractivity contribution in [1.29, 1.82) is 0 Å². The van der Waals surface area contributed by atoms with Crippen LogP contribution in [-0.2, 0) is 11.3 Å². The van der Waals surface area contributed by atoms with E-state index in [0.717, 1.165) is 56.3 Å². The van der Waals surface area contributed by atoms with Crippen LogP contribution in [0.5, 0.6) is 0 Å². The molecule has 1 saturated heterocycles. The molecule has 1 atom stereocenters. The molecule has 0 bridgehead atoms. The molecule has 1 aromatic carbocycles. The predicted molar refractivity (Wildman–Crippen MR) is 118 cm³/mol. The standard InChI is InChI=1S/C22H34N6O/c1-17-8-6-14-27(16-17)21(29)11-13-25-22(23-3)24-12-7-15-28-18(2)26-19-9-4-5-10-20(19)28/h4-5,9-10,17H,6-8,11-16H2,1-3H3,(H2,23,24,25). The Labute approximate surface area is 173 Å². The molecule has 1 unspecified atom stereocenters. The van der Waals surface area contributed by atoms with Crippen molar-refractivity contribution >= 4 is 22.9 Å². The zero-order chi connectivity index (χ0) is 20.6. The third kappa shape index (κ3) is 5.71. The van der Waals surface area contributed by atoms with Gasteiger partial charge in [0.25, 0.3) is 0 Å². The van der Waals surface area contributed by atoms with Crippen molar-refractivity contribution < 1.29 is 4.79 Å². The number of fused-ring (bicyclic) bond motifs is 1. The summed E-state index contributed by atoms with van der Waals surface area (Å²) in [4.78, 5) is 23.2. The van der Waals surface area contributed by atoms with Gasteiger partial charge in [-0.1, -0.05) is 19.1 Å². The molecule has 0 aliphatic carbocycles. The number of hydrogen-bond donors (Lipinski definition) is 2. The minimum atomic E-state index is 0.238. The van der Waals surface area contributed by atoms with Gasteiger partial charge in [-0.15, -0.1) is 0 Å². The molecular formula is C22H34N6O. The molecule has 2 N–H and O–H groups in total. The van der Waals surface area contributed by atoms with E-state index in [9.17, 15) is 4.79 Å². The molecule has 29 heavy (non-hydrogen) atoms. The normalized spacial score (nSPS) is 17.6. The van der Waals surface area contributed by atoms with Crippen molar-refractivity contribution in [2.45, 2.75) is 46.1 Å². The molecule has 7 heteroatoms. The van der Waals surface area contributed by atoms with E-state index in [-0.39, 0.29) is 5.91 Å². The maximum absolute atomic E-state index is 12.4. The van der Waals surface area contributed by atoms with E-state index in [0.29, 0.717) is 18.9 Å². The van der Waals surface area contributed by atoms with Gasteiger partial charge in [0.1, 0.15) is 5.82 Å². The van der Waals surface area contributed by atoms with Crippen LogP contribution in [0.4, 0.5) is 0 Å². The molecule has 2 heterocycles. The van der Waals surface area contributed by atoms with Crippen LogP contribution < -0.4 is 10.6 Å². The fourth-order valence-corrected chi connectivity index (χ4v) is 4.00. The minimum absolute atomic E-state index is 0.238. The first-order valence-electron chi connectivity index (χ1n) is 10.7. The van der Waals surface area contributed by atoms with Crippen LogP contribution in [0.3, 0.4) is 0 Å². The highest BCUT2D eigenvalue weighted by molar-refractivity contribution is 5.81. The highest BCUT2D eigenvalue weighted by atomic mass is 16.2. The third-order valence-electron chi connectivity index (χ3n) is 5.56. The first-order chi connectivity index (χ1) is 14.1. The number of rotatable bonds is 7. The zero-order valence-electron chi connectivity index (χ0n) is 17.9. The van der Waals surface area contributed by atoms with Crippen LogP contribution in [0.15, 0.2) is 29.3 Å². The average molecular weight is 399 g/mol. The molecule has 1 aromatic heterocycles. The summed E-state index contributed by atoms with van der Waals surface area (Å²) in [7, 11) is 1.76. The fourth-order valence-electron chi connectivity index (χ4n) is 4.00. The van der Waals surface area contributed by atoms with Gasteiger partial charge in [0.2, 0.25) is 5.91 Å². The largest absolute Gasteiger partial charge is 0.356 e. The highest BCUT2D eigenvalue weighted by Crippen LogP contribution is 2.16. The smallest absolute Gasteiger partial charge is 0.224 e. The molecule has 0 spiro atoms. The maximum Gasteiger partial charge on any atom is 0.224 e. The first kappa shape index (κ1) is 21.1. The molecule has 1 amide bonds. The SMILES string of the molecule is CN=C(NCCCn1c(C)nc2ccccc21)NCCC(=O)N1CCCC(C)C1. The Morgan fingerprint density at radius 1 is 1.28 bits per heavy atom. The van der Waals surface area contributed by atoms with Crippen LogP contribution in [0, 0.1) is 12.8 Å². The Balaban J connectivity index is 1.37. The van der Waals surface area contributed by atoms with Crippen molar-refractivity contribution in [1.82, 2.24) is 25.1 Å². The number of nitrogens with one attached hydrogen (secondary N) is 2. The molecular weight excluding hydrogens is 364 g/mol. The summed E-state index contributed by atoms with van der Waals surface area (Å²) in [6, 6.07) is 8.24. The molecule has 3 rings (SSSR count). The Bertz CT molecular complexity index is 843. The van der Waals surface area contributed by atoms with Crippen LogP contribution in [-0.4, -0.2) is 59.5 Å². The summed E-state index contributed by atoms with van der Waals surface area (Å²) in [5.74, 6) is 2.64. The Hall–Kier alpha value is -2.57. The van der Waals surface area contributed by atoms with Crippen LogP contribution in [0.25, 0.3) is 11.0 Å². The predicted octanol–water partition coefficient (Wildman–Crippen LogP) is 2.55. The van der Waals surface area contributed by atoms with Crippen molar-refractivity contribution in [2.75, 3.05) is 33.2 Å². The van der Waals surface area contributed by atoms with Gasteiger partial charge >= 0.3 is 0 Å². The summed E-state index contributed by atoms with van der Waals surface area (Å²) in [6.45, 7) is 8.39. The van der Waals surface area contributed by atoms with Crippen LogP contribution in [0.2, 0.25) is 0 Å². The van der Waals surface area contributed by atoms with Gasteiger partial charge in [-0.25, -0.2) is 4.98 Å². The molecule has 1 fully saturated rings. The van der Waals surface area contributed by atoms with E-state index >= 15 is 0 Å². The van der Waals surface area contributed by atoms with Gasteiger partial charge in [-0.05, 0) is 44.2 Å². The topological polar surface area (TPSA) is 74.5 Å². The van der Waals surface area contributed by atoms with E-state index in [1.165, 1.54) is 11.9 Å². The maximum atomic E-state index is 12.4. The number of benzene rings is 1. The lowest BCUT2D eigenvalue weighted by atomic mass is 10.00. The summed E-state index contributed by atoms with van der Waals surface area (Å²) in [5, 5.41) is 6.60. The number of nitrogens with zero attached hydrogens (tertiary/aromatic N) is 4. The quantitative estimate of drug-likeness (QED) is 0.427. The van der Waals surface area contributed by atoms with Crippen LogP contribution >= 0.6 is 0 Å². The number of aliphatic imine (C=N–C) groups is 1. The number of aromatic nitrogens is 2. The molecule has 2 aromatic rings. The summed E-state index contributed by atoms with van der Waals surface area (Å²) in [6.07, 6.45) is 3.82. The number of carbonyl (C=O) groups is 1. The van der Waals surface area contributed by atoms with E-state index < -0.39 is 0 Å². The molecule has 1 aliphatic rings. The lowest BCUT2D eigenvalue weighted by molar-refractivity contribution is -0.132. The van der Waals surface area contributed by atoms with E-state index in [1.54, 1.807) is 7.05 Å². The van der Waals surface area contributed by atoms with Gasteiger partial charge < -0.3 is 20.1 Å². The number of guanidine groups is 1. The highest BCUT2D eigenvalue weighted by Gasteiger charge is 2.20. The average Bonchev–Trinajstić information content (AvgIpc) is 3.04. The molecule has 7 nitrogen and oxygen atoms in total. The van der Waals surface area contributed by atoms with Gasteiger partial charge in [0.05, 0.1) is 11.0 Å². The second kappa shape index (κ2) is 10.3. The molecule has 1 aliphatic heterocycles. The second-order valence-corrected chi connectivity index (χ2v) is 7.92. The van der Waals surface area contributed by atoms with Crippen molar-refractivity contribution in [2.24, 2.45) is 10.9 Å². The third-order valence-corrected chi connectivity index (χ3v) is 5.56. The zero-order valence-corrected chi connectivity index (χ0v) is 17.9. The molecule has 0 saturated carbocycles. The number of piperidine rings is 1. The lowest BCUT2D eigenvalue weighted by Gasteiger charge is -2.31. The van der Waals surface area contributed by atoms with E-state index in [2.05, 4.69) is 50.3 Å². The molecule has 158 valence electrons. The number of aryl methyl sites for hydroxylation is 2. The van der Waals surface area contributed by atoms with Crippen LogP contribution in [0.1, 0.15) is 38.4 Å². The van der Waals surface area contributed by atoms with Crippen molar-refractivity contribution in [3.63, 3.8) is 0 Å². The lowest BCUT2D eigenvalue weighted by Crippen LogP contribution is -2.42. The van der Waals surface area contributed by atoms with Crippen molar-refractivity contribution in [3.8, 4) is 0 Å². The monoisotopic (exact) mass is 398 g/mol. The number of para-hydroxylation sites is 2. The number of likely N-dealkylation sites (tertiary alicyclic amines) is 1. The van der Waals surface area contributed by atoms with Gasteiger partial charge in [0.15, 0.2) is 5.96 Å². The summed E-state index contributed by atoms with van der Waals surface area (Å²) < 4.78 is 2.26. The number of imidazole rings is 1. The second-order valence-electron chi connectivity index (χ2n) is 7.92. The fraction of sp³-hybridized carbons (Fsp3) is 0.591. The summed E-state index contributed by atoms with van der Waals surface area (Å²) in [5.41, 5.74) is 2.22. The minimum Gasteiger partial charge on any atom is -0.356 e. The van der Waals surface area contributed by atoms with Gasteiger partial charge in [-0.3, -0.25) is 9.79 Å². The van der Waals surface area contributed by atoms with Gasteiger partial charge in [-0.2, -0.15) is 0 Å². The summed E-state index contributed by atoms with van der Waals surface area (Å²) >= 11 is 0. The van der Waals surface area contributed by atoms with E-state index in [1.807, 2.05) is 17.9 Å². The Morgan fingerprint density at radius 2 is 2.07 bits per heavy atom. The Kier molecular flexibility index (Phi) is 7.49. The van der Waals surface area contributed by atoms with Crippen molar-refractivity contribution in [3.05, 3.63) is 30.1 Å². The number of amides is 1. The Morgan fingerprint density at radius 3 is 2.86 bits per heavy atom.